The number of hydrogen-bond acceptors (Lipinski definition) is 2. The number of fused-ring (bicyclic) bond motifs is 1. The molecule has 0 amide bonds. The van der Waals surface area contributed by atoms with E-state index >= 15 is 0 Å². The fourth-order valence-electron chi connectivity index (χ4n) is 2.54. The zero-order chi connectivity index (χ0) is 14.3. The second-order valence-electron chi connectivity index (χ2n) is 5.44. The molecule has 1 atom stereocenters. The molecule has 0 aliphatic carbocycles. The van der Waals surface area contributed by atoms with Gasteiger partial charge in [0.15, 0.2) is 0 Å². The van der Waals surface area contributed by atoms with Gasteiger partial charge in [-0.1, -0.05) is 18.2 Å². The third kappa shape index (κ3) is 2.29. The first-order valence-corrected chi connectivity index (χ1v) is 7.26. The van der Waals surface area contributed by atoms with Crippen molar-refractivity contribution in [1.82, 2.24) is 0 Å². The smallest absolute Gasteiger partial charge is 0.128 e. The number of para-hydroxylation sites is 1. The zero-order valence-corrected chi connectivity index (χ0v) is 12.9. The van der Waals surface area contributed by atoms with E-state index in [0.717, 1.165) is 17.0 Å². The summed E-state index contributed by atoms with van der Waals surface area (Å²) in [5, 5.41) is 3.44. The summed E-state index contributed by atoms with van der Waals surface area (Å²) in [7, 11) is 0. The lowest BCUT2D eigenvalue weighted by Gasteiger charge is -2.28. The Kier molecular flexibility index (Phi) is 3.21. The summed E-state index contributed by atoms with van der Waals surface area (Å²) in [6.45, 7) is 4.09. The van der Waals surface area contributed by atoms with Gasteiger partial charge in [-0.25, -0.2) is 4.39 Å². The van der Waals surface area contributed by atoms with Gasteiger partial charge in [0.1, 0.15) is 17.2 Å². The Labute approximate surface area is 126 Å². The SMILES string of the molecule is CC1(C)Oc2ccccc2C1Nc1ccc(F)cc1Br. The van der Waals surface area contributed by atoms with Gasteiger partial charge in [0.05, 0.1) is 6.04 Å². The van der Waals surface area contributed by atoms with Gasteiger partial charge in [0.25, 0.3) is 0 Å². The van der Waals surface area contributed by atoms with E-state index in [-0.39, 0.29) is 17.5 Å². The fourth-order valence-corrected chi connectivity index (χ4v) is 3.01. The van der Waals surface area contributed by atoms with Crippen molar-refractivity contribution in [3.05, 3.63) is 58.3 Å². The quantitative estimate of drug-likeness (QED) is 0.841. The van der Waals surface area contributed by atoms with Gasteiger partial charge in [-0.2, -0.15) is 0 Å². The topological polar surface area (TPSA) is 21.3 Å². The van der Waals surface area contributed by atoms with Crippen LogP contribution in [-0.4, -0.2) is 5.60 Å². The molecule has 0 spiro atoms. The first-order valence-electron chi connectivity index (χ1n) is 6.47. The summed E-state index contributed by atoms with van der Waals surface area (Å²) >= 11 is 3.39. The van der Waals surface area contributed by atoms with Crippen molar-refractivity contribution in [1.29, 1.82) is 0 Å². The van der Waals surface area contributed by atoms with Crippen molar-refractivity contribution in [2.24, 2.45) is 0 Å². The Morgan fingerprint density at radius 3 is 2.70 bits per heavy atom. The third-order valence-corrected chi connectivity index (χ3v) is 4.19. The van der Waals surface area contributed by atoms with Gasteiger partial charge in [-0.3, -0.25) is 0 Å². The fraction of sp³-hybridized carbons (Fsp3) is 0.250. The molecule has 1 aliphatic rings. The zero-order valence-electron chi connectivity index (χ0n) is 11.3. The minimum atomic E-state index is -0.364. The molecule has 0 saturated carbocycles. The van der Waals surface area contributed by atoms with E-state index < -0.39 is 0 Å². The monoisotopic (exact) mass is 335 g/mol. The van der Waals surface area contributed by atoms with Crippen molar-refractivity contribution in [3.63, 3.8) is 0 Å². The molecule has 1 aliphatic heterocycles. The maximum atomic E-state index is 13.2. The molecule has 20 heavy (non-hydrogen) atoms. The second kappa shape index (κ2) is 4.77. The maximum Gasteiger partial charge on any atom is 0.128 e. The number of nitrogens with one attached hydrogen (secondary N) is 1. The number of benzene rings is 2. The summed E-state index contributed by atoms with van der Waals surface area (Å²) in [5.41, 5.74) is 1.61. The molecule has 0 fully saturated rings. The van der Waals surface area contributed by atoms with Crippen LogP contribution in [0.25, 0.3) is 0 Å². The predicted octanol–water partition coefficient (Wildman–Crippen LogP) is 4.91. The molecule has 2 nitrogen and oxygen atoms in total. The van der Waals surface area contributed by atoms with Crippen LogP contribution in [0.5, 0.6) is 5.75 Å². The highest BCUT2D eigenvalue weighted by Gasteiger charge is 2.41. The molecule has 1 N–H and O–H groups in total. The number of anilines is 1. The first kappa shape index (κ1) is 13.4. The van der Waals surface area contributed by atoms with Crippen LogP contribution in [0.1, 0.15) is 25.5 Å². The normalized spacial score (nSPS) is 19.3. The van der Waals surface area contributed by atoms with Crippen molar-refractivity contribution < 1.29 is 9.13 Å². The lowest BCUT2D eigenvalue weighted by molar-refractivity contribution is 0.118. The van der Waals surface area contributed by atoms with Crippen LogP contribution in [-0.2, 0) is 0 Å². The van der Waals surface area contributed by atoms with Crippen molar-refractivity contribution in [3.8, 4) is 5.75 Å². The van der Waals surface area contributed by atoms with E-state index in [1.165, 1.54) is 12.1 Å². The van der Waals surface area contributed by atoms with Gasteiger partial charge >= 0.3 is 0 Å². The van der Waals surface area contributed by atoms with Crippen molar-refractivity contribution in [2.45, 2.75) is 25.5 Å². The predicted molar refractivity (Wildman–Crippen MR) is 81.6 cm³/mol. The summed E-state index contributed by atoms with van der Waals surface area (Å²) in [4.78, 5) is 0. The van der Waals surface area contributed by atoms with Gasteiger partial charge < -0.3 is 10.1 Å². The van der Waals surface area contributed by atoms with E-state index in [4.69, 9.17) is 4.74 Å². The molecule has 0 bridgehead atoms. The highest BCUT2D eigenvalue weighted by Crippen LogP contribution is 2.45. The molecular weight excluding hydrogens is 321 g/mol. The number of hydrogen-bond donors (Lipinski definition) is 1. The number of halogens is 2. The van der Waals surface area contributed by atoms with Crippen LogP contribution in [0, 0.1) is 5.82 Å². The lowest BCUT2D eigenvalue weighted by Crippen LogP contribution is -2.34. The minimum absolute atomic E-state index is 0.0143. The second-order valence-corrected chi connectivity index (χ2v) is 6.30. The molecule has 1 heterocycles. The third-order valence-electron chi connectivity index (χ3n) is 3.53. The first-order chi connectivity index (χ1) is 9.47. The van der Waals surface area contributed by atoms with Crippen LogP contribution in [0.3, 0.4) is 0 Å². The Morgan fingerprint density at radius 1 is 1.20 bits per heavy atom. The molecule has 2 aromatic carbocycles. The van der Waals surface area contributed by atoms with Crippen LogP contribution in [0.15, 0.2) is 46.9 Å². The van der Waals surface area contributed by atoms with Crippen molar-refractivity contribution in [2.75, 3.05) is 5.32 Å². The summed E-state index contributed by atoms with van der Waals surface area (Å²) in [6, 6.07) is 12.6. The van der Waals surface area contributed by atoms with Crippen LogP contribution in [0.4, 0.5) is 10.1 Å². The maximum absolute atomic E-state index is 13.2. The number of rotatable bonds is 2. The molecule has 3 rings (SSSR count). The summed E-state index contributed by atoms with van der Waals surface area (Å²) < 4.78 is 19.9. The lowest BCUT2D eigenvalue weighted by atomic mass is 9.94. The summed E-state index contributed by atoms with van der Waals surface area (Å²) in [6.07, 6.45) is 0. The van der Waals surface area contributed by atoms with E-state index in [1.54, 1.807) is 6.07 Å². The minimum Gasteiger partial charge on any atom is -0.485 e. The van der Waals surface area contributed by atoms with E-state index in [9.17, 15) is 4.39 Å². The van der Waals surface area contributed by atoms with E-state index in [1.807, 2.05) is 32.0 Å². The molecule has 104 valence electrons. The van der Waals surface area contributed by atoms with E-state index in [2.05, 4.69) is 27.3 Å². The molecular formula is C16H15BrFNO. The van der Waals surface area contributed by atoms with Crippen LogP contribution in [0.2, 0.25) is 0 Å². The molecule has 2 aromatic rings. The Balaban J connectivity index is 1.97. The van der Waals surface area contributed by atoms with Crippen LogP contribution < -0.4 is 10.1 Å². The van der Waals surface area contributed by atoms with Crippen LogP contribution >= 0.6 is 15.9 Å². The molecule has 0 saturated heterocycles. The highest BCUT2D eigenvalue weighted by atomic mass is 79.9. The average molecular weight is 336 g/mol. The van der Waals surface area contributed by atoms with Gasteiger partial charge in [0.2, 0.25) is 0 Å². The highest BCUT2D eigenvalue weighted by molar-refractivity contribution is 9.10. The summed E-state index contributed by atoms with van der Waals surface area (Å²) in [5.74, 6) is 0.637. The Morgan fingerprint density at radius 2 is 1.95 bits per heavy atom. The van der Waals surface area contributed by atoms with E-state index in [0.29, 0.717) is 4.47 Å². The van der Waals surface area contributed by atoms with Gasteiger partial charge in [0, 0.05) is 15.7 Å². The molecule has 0 aromatic heterocycles. The Bertz CT molecular complexity index is 657. The molecule has 0 radical (unpaired) electrons. The van der Waals surface area contributed by atoms with Gasteiger partial charge in [-0.05, 0) is 54.0 Å². The molecule has 1 unspecified atom stereocenters. The molecule has 4 heteroatoms. The van der Waals surface area contributed by atoms with Crippen molar-refractivity contribution >= 4 is 21.6 Å². The average Bonchev–Trinajstić information content (AvgIpc) is 2.63. The largest absolute Gasteiger partial charge is 0.485 e. The standard InChI is InChI=1S/C16H15BrFNO/c1-16(2)15(11-5-3-4-6-14(11)20-16)19-13-8-7-10(18)9-12(13)17/h3-9,15,19H,1-2H3. The van der Waals surface area contributed by atoms with Gasteiger partial charge in [-0.15, -0.1) is 0 Å². The number of ether oxygens (including phenoxy) is 1. The Hall–Kier alpha value is -1.55.